The Balaban J connectivity index is 2.32. The van der Waals surface area contributed by atoms with Crippen molar-refractivity contribution in [1.82, 2.24) is 9.91 Å². The van der Waals surface area contributed by atoms with E-state index in [-0.39, 0.29) is 6.17 Å². The average molecular weight is 210 g/mol. The van der Waals surface area contributed by atoms with Crippen molar-refractivity contribution in [2.24, 2.45) is 10.3 Å². The highest BCUT2D eigenvalue weighted by Gasteiger charge is 2.17. The predicted molar refractivity (Wildman–Crippen MR) is 62.3 cm³/mol. The van der Waals surface area contributed by atoms with Gasteiger partial charge in [0.1, 0.15) is 6.17 Å². The monoisotopic (exact) mass is 210 g/mol. The van der Waals surface area contributed by atoms with Crippen LogP contribution in [0.5, 0.6) is 0 Å². The fourth-order valence-electron chi connectivity index (χ4n) is 1.68. The molecule has 1 aliphatic heterocycles. The number of likely N-dealkylation sites (N-methyl/N-ethyl adjacent to an activating group) is 1. The second kappa shape index (κ2) is 6.56. The van der Waals surface area contributed by atoms with Crippen molar-refractivity contribution < 1.29 is 0 Å². The first-order chi connectivity index (χ1) is 7.25. The molecule has 15 heavy (non-hydrogen) atoms. The first-order valence-corrected chi connectivity index (χ1v) is 5.76. The summed E-state index contributed by atoms with van der Waals surface area (Å²) in [6.07, 6.45) is 9.19. The smallest absolute Gasteiger partial charge is 0.121 e. The number of hydrogen-bond donors (Lipinski definition) is 0. The van der Waals surface area contributed by atoms with E-state index in [0.29, 0.717) is 0 Å². The molecule has 0 saturated heterocycles. The van der Waals surface area contributed by atoms with Gasteiger partial charge in [-0.05, 0) is 26.6 Å². The molecule has 1 rings (SSSR count). The Labute approximate surface area is 92.6 Å². The van der Waals surface area contributed by atoms with Crippen LogP contribution in [0.2, 0.25) is 0 Å². The van der Waals surface area contributed by atoms with Crippen LogP contribution in [0.3, 0.4) is 0 Å². The molecule has 4 nitrogen and oxygen atoms in total. The Morgan fingerprint density at radius 1 is 1.27 bits per heavy atom. The van der Waals surface area contributed by atoms with Gasteiger partial charge in [-0.15, -0.1) is 5.11 Å². The Hall–Kier alpha value is -0.900. The molecule has 0 fully saturated rings. The van der Waals surface area contributed by atoms with Gasteiger partial charge in [-0.25, -0.2) is 0 Å². The van der Waals surface area contributed by atoms with Crippen LogP contribution < -0.4 is 0 Å². The third-order valence-corrected chi connectivity index (χ3v) is 2.57. The number of rotatable bonds is 6. The summed E-state index contributed by atoms with van der Waals surface area (Å²) in [5.74, 6) is 0. The zero-order valence-electron chi connectivity index (χ0n) is 10.1. The summed E-state index contributed by atoms with van der Waals surface area (Å²) in [4.78, 5) is 2.15. The third-order valence-electron chi connectivity index (χ3n) is 2.57. The minimum Gasteiger partial charge on any atom is -0.285 e. The zero-order valence-corrected chi connectivity index (χ0v) is 10.1. The molecular formula is C11H22N4. The quantitative estimate of drug-likeness (QED) is 0.631. The molecule has 0 amide bonds. The molecule has 0 radical (unpaired) electrons. The maximum atomic E-state index is 4.16. The van der Waals surface area contributed by atoms with Crippen LogP contribution in [-0.4, -0.2) is 36.7 Å². The SMILES string of the molecule is CCCCCCN1N=NC=CC1N(C)C. The van der Waals surface area contributed by atoms with Crippen molar-refractivity contribution in [1.29, 1.82) is 0 Å². The van der Waals surface area contributed by atoms with Gasteiger partial charge in [0.05, 0.1) is 6.20 Å². The molecule has 0 aliphatic carbocycles. The van der Waals surface area contributed by atoms with Gasteiger partial charge in [-0.3, -0.25) is 9.91 Å². The Morgan fingerprint density at radius 3 is 2.73 bits per heavy atom. The lowest BCUT2D eigenvalue weighted by atomic mass is 10.2. The molecule has 86 valence electrons. The fraction of sp³-hybridized carbons (Fsp3) is 0.818. The lowest BCUT2D eigenvalue weighted by molar-refractivity contribution is 0.103. The number of hydrogen-bond acceptors (Lipinski definition) is 4. The highest BCUT2D eigenvalue weighted by atomic mass is 15.6. The van der Waals surface area contributed by atoms with E-state index in [9.17, 15) is 0 Å². The maximum Gasteiger partial charge on any atom is 0.121 e. The molecule has 1 heterocycles. The van der Waals surface area contributed by atoms with E-state index < -0.39 is 0 Å². The Bertz CT molecular complexity index is 223. The largest absolute Gasteiger partial charge is 0.285 e. The second-order valence-corrected chi connectivity index (χ2v) is 4.15. The van der Waals surface area contributed by atoms with Crippen molar-refractivity contribution in [3.63, 3.8) is 0 Å². The highest BCUT2D eigenvalue weighted by Crippen LogP contribution is 2.12. The number of unbranched alkanes of at least 4 members (excludes halogenated alkanes) is 3. The summed E-state index contributed by atoms with van der Waals surface area (Å²) >= 11 is 0. The predicted octanol–water partition coefficient (Wildman–Crippen LogP) is 2.65. The van der Waals surface area contributed by atoms with Gasteiger partial charge in [0.15, 0.2) is 0 Å². The molecule has 0 bridgehead atoms. The lowest BCUT2D eigenvalue weighted by Crippen LogP contribution is -2.41. The van der Waals surface area contributed by atoms with Crippen molar-refractivity contribution in [3.05, 3.63) is 12.3 Å². The summed E-state index contributed by atoms with van der Waals surface area (Å²) in [5, 5.41) is 10.1. The van der Waals surface area contributed by atoms with E-state index in [1.165, 1.54) is 25.7 Å². The first kappa shape index (κ1) is 12.2. The molecule has 1 unspecified atom stereocenters. The van der Waals surface area contributed by atoms with Crippen LogP contribution in [0.25, 0.3) is 0 Å². The average Bonchev–Trinajstić information content (AvgIpc) is 2.25. The van der Waals surface area contributed by atoms with E-state index in [0.717, 1.165) is 6.54 Å². The minimum atomic E-state index is 0.268. The van der Waals surface area contributed by atoms with Crippen molar-refractivity contribution >= 4 is 0 Å². The highest BCUT2D eigenvalue weighted by molar-refractivity contribution is 4.93. The summed E-state index contributed by atoms with van der Waals surface area (Å²) in [7, 11) is 4.13. The molecule has 0 aromatic rings. The Morgan fingerprint density at radius 2 is 2.07 bits per heavy atom. The van der Waals surface area contributed by atoms with Gasteiger partial charge in [-0.2, -0.15) is 0 Å². The minimum absolute atomic E-state index is 0.268. The fourth-order valence-corrected chi connectivity index (χ4v) is 1.68. The van der Waals surface area contributed by atoms with Crippen LogP contribution in [0.1, 0.15) is 32.6 Å². The molecule has 0 aromatic carbocycles. The summed E-state index contributed by atoms with van der Waals surface area (Å²) in [6.45, 7) is 3.22. The Kier molecular flexibility index (Phi) is 5.32. The van der Waals surface area contributed by atoms with Gasteiger partial charge in [-0.1, -0.05) is 31.4 Å². The van der Waals surface area contributed by atoms with Gasteiger partial charge < -0.3 is 0 Å². The van der Waals surface area contributed by atoms with Gasteiger partial charge in [0.25, 0.3) is 0 Å². The first-order valence-electron chi connectivity index (χ1n) is 5.76. The normalized spacial score (nSPS) is 20.3. The van der Waals surface area contributed by atoms with E-state index >= 15 is 0 Å². The van der Waals surface area contributed by atoms with E-state index in [4.69, 9.17) is 0 Å². The van der Waals surface area contributed by atoms with Crippen LogP contribution in [0, 0.1) is 0 Å². The molecule has 4 heteroatoms. The van der Waals surface area contributed by atoms with Crippen LogP contribution in [0.15, 0.2) is 22.6 Å². The van der Waals surface area contributed by atoms with Crippen molar-refractivity contribution in [2.45, 2.75) is 38.8 Å². The molecule has 0 N–H and O–H groups in total. The van der Waals surface area contributed by atoms with E-state index in [2.05, 4.69) is 47.3 Å². The maximum absolute atomic E-state index is 4.16. The van der Waals surface area contributed by atoms with E-state index in [1.807, 2.05) is 0 Å². The molecule has 0 spiro atoms. The molecule has 0 saturated carbocycles. The summed E-state index contributed by atoms with van der Waals surface area (Å²) in [5.41, 5.74) is 0. The second-order valence-electron chi connectivity index (χ2n) is 4.15. The summed E-state index contributed by atoms with van der Waals surface area (Å²) in [6, 6.07) is 0. The zero-order chi connectivity index (χ0) is 11.1. The number of nitrogens with zero attached hydrogens (tertiary/aromatic N) is 4. The van der Waals surface area contributed by atoms with Crippen LogP contribution in [0.4, 0.5) is 0 Å². The third kappa shape index (κ3) is 4.00. The van der Waals surface area contributed by atoms with Crippen LogP contribution >= 0.6 is 0 Å². The summed E-state index contributed by atoms with van der Waals surface area (Å²) < 4.78 is 0. The van der Waals surface area contributed by atoms with E-state index in [1.54, 1.807) is 6.20 Å². The van der Waals surface area contributed by atoms with Crippen molar-refractivity contribution in [3.8, 4) is 0 Å². The standard InChI is InChI=1S/C11H22N4/c1-4-5-6-7-10-15-11(14(2)3)8-9-12-13-15/h8-9,11H,4-7,10H2,1-3H3. The van der Waals surface area contributed by atoms with Gasteiger partial charge >= 0.3 is 0 Å². The molecule has 1 aliphatic rings. The van der Waals surface area contributed by atoms with Gasteiger partial charge in [0.2, 0.25) is 0 Å². The van der Waals surface area contributed by atoms with Crippen molar-refractivity contribution in [2.75, 3.05) is 20.6 Å². The molecular weight excluding hydrogens is 188 g/mol. The van der Waals surface area contributed by atoms with Crippen LogP contribution in [-0.2, 0) is 0 Å². The lowest BCUT2D eigenvalue weighted by Gasteiger charge is -2.32. The molecule has 0 aromatic heterocycles. The molecule has 1 atom stereocenters. The topological polar surface area (TPSA) is 31.2 Å². The van der Waals surface area contributed by atoms with Gasteiger partial charge in [0, 0.05) is 6.54 Å².